The fraction of sp³-hybridized carbons (Fsp3) is 0.316. The Morgan fingerprint density at radius 2 is 2.29 bits per heavy atom. The van der Waals surface area contributed by atoms with E-state index >= 15 is 0 Å². The molecule has 3 heterocycles. The Morgan fingerprint density at radius 3 is 3.14 bits per heavy atom. The third-order valence-corrected chi connectivity index (χ3v) is 4.77. The maximum absolute atomic E-state index is 9.51. The van der Waals surface area contributed by atoms with Crippen molar-refractivity contribution in [2.45, 2.75) is 19.4 Å². The number of anilines is 3. The van der Waals surface area contributed by atoms with Crippen molar-refractivity contribution in [1.82, 2.24) is 9.97 Å². The lowest BCUT2D eigenvalue weighted by molar-refractivity contribution is 0.0698. The molecule has 1 saturated heterocycles. The molecule has 0 radical (unpaired) electrons. The molecule has 142 valence electrons. The Bertz CT molecular complexity index is 946. The highest BCUT2D eigenvalue weighted by Gasteiger charge is 2.26. The lowest BCUT2D eigenvalue weighted by atomic mass is 9.86. The van der Waals surface area contributed by atoms with Gasteiger partial charge >= 0.3 is 7.12 Å². The Labute approximate surface area is 163 Å². The van der Waals surface area contributed by atoms with Gasteiger partial charge in [0.25, 0.3) is 0 Å². The zero-order valence-corrected chi connectivity index (χ0v) is 15.4. The first-order valence-electron chi connectivity index (χ1n) is 9.14. The molecule has 8 nitrogen and oxygen atoms in total. The van der Waals surface area contributed by atoms with Crippen molar-refractivity contribution in [2.24, 2.45) is 5.92 Å². The van der Waals surface area contributed by atoms with Gasteiger partial charge in [-0.3, -0.25) is 0 Å². The zero-order chi connectivity index (χ0) is 19.5. The zero-order valence-electron chi connectivity index (χ0n) is 15.4. The quantitative estimate of drug-likeness (QED) is 0.696. The summed E-state index contributed by atoms with van der Waals surface area (Å²) in [6.45, 7) is 3.01. The molecule has 2 atom stereocenters. The van der Waals surface area contributed by atoms with Crippen molar-refractivity contribution in [3.05, 3.63) is 41.5 Å². The minimum atomic E-state index is -0.915. The minimum Gasteiger partial charge on any atom is -0.532 e. The SMILES string of the molecule is Cc1cnc(Nc2ccc3c(c2)C=CB(O)O3)nc1N[C@@H]1COCC[C@H]1C#N. The van der Waals surface area contributed by atoms with Crippen molar-refractivity contribution in [1.29, 1.82) is 5.26 Å². The number of fused-ring (bicyclic) bond motifs is 1. The molecule has 0 spiro atoms. The predicted molar refractivity (Wildman–Crippen MR) is 106 cm³/mol. The summed E-state index contributed by atoms with van der Waals surface area (Å²) in [5, 5.41) is 25.4. The molecule has 0 saturated carbocycles. The van der Waals surface area contributed by atoms with E-state index in [4.69, 9.17) is 9.39 Å². The lowest BCUT2D eigenvalue weighted by Gasteiger charge is -2.28. The number of nitrogens with one attached hydrogen (secondary N) is 2. The van der Waals surface area contributed by atoms with Crippen LogP contribution in [0.15, 0.2) is 30.4 Å². The van der Waals surface area contributed by atoms with Crippen LogP contribution in [-0.2, 0) is 4.74 Å². The van der Waals surface area contributed by atoms with Gasteiger partial charge in [-0.1, -0.05) is 6.08 Å². The predicted octanol–water partition coefficient (Wildman–Crippen LogP) is 2.29. The minimum absolute atomic E-state index is 0.0994. The summed E-state index contributed by atoms with van der Waals surface area (Å²) in [7, 11) is -0.915. The van der Waals surface area contributed by atoms with Gasteiger partial charge in [-0.15, -0.1) is 0 Å². The van der Waals surface area contributed by atoms with E-state index in [-0.39, 0.29) is 12.0 Å². The molecular formula is C19H20BN5O3. The van der Waals surface area contributed by atoms with Gasteiger partial charge in [-0.25, -0.2) is 4.98 Å². The molecule has 4 rings (SSSR count). The molecule has 1 aromatic heterocycles. The first-order valence-corrected chi connectivity index (χ1v) is 9.14. The van der Waals surface area contributed by atoms with Crippen LogP contribution in [0, 0.1) is 24.2 Å². The molecule has 0 unspecified atom stereocenters. The van der Waals surface area contributed by atoms with Crippen LogP contribution in [0.1, 0.15) is 17.5 Å². The largest absolute Gasteiger partial charge is 0.552 e. The molecule has 2 aliphatic heterocycles. The van der Waals surface area contributed by atoms with Gasteiger partial charge in [0, 0.05) is 29.6 Å². The average Bonchev–Trinajstić information content (AvgIpc) is 2.71. The molecule has 2 aromatic rings. The number of ether oxygens (including phenoxy) is 1. The van der Waals surface area contributed by atoms with Crippen LogP contribution < -0.4 is 15.3 Å². The van der Waals surface area contributed by atoms with E-state index in [2.05, 4.69) is 26.7 Å². The monoisotopic (exact) mass is 377 g/mol. The molecule has 1 fully saturated rings. The number of hydrogen-bond acceptors (Lipinski definition) is 8. The highest BCUT2D eigenvalue weighted by molar-refractivity contribution is 6.51. The summed E-state index contributed by atoms with van der Waals surface area (Å²) in [6.07, 6.45) is 4.26. The van der Waals surface area contributed by atoms with Crippen LogP contribution >= 0.6 is 0 Å². The van der Waals surface area contributed by atoms with Gasteiger partial charge in [-0.05, 0) is 37.5 Å². The number of nitriles is 1. The Hall–Kier alpha value is -3.09. The van der Waals surface area contributed by atoms with Crippen LogP contribution in [-0.4, -0.2) is 41.4 Å². The van der Waals surface area contributed by atoms with Crippen molar-refractivity contribution in [2.75, 3.05) is 23.8 Å². The van der Waals surface area contributed by atoms with E-state index < -0.39 is 7.12 Å². The standard InChI is InChI=1S/C19H20BN5O3/c1-12-10-22-19(25-18(12)24-16-11-27-7-5-14(16)9-21)23-15-2-3-17-13(8-15)4-6-20(26)28-17/h2-4,6,8,10,14,16,26H,5,7,11H2,1H3,(H2,22,23,24,25)/t14-,16+/m0/s1. The average molecular weight is 377 g/mol. The molecule has 9 heteroatoms. The van der Waals surface area contributed by atoms with E-state index in [1.807, 2.05) is 25.1 Å². The van der Waals surface area contributed by atoms with Crippen LogP contribution in [0.2, 0.25) is 0 Å². The highest BCUT2D eigenvalue weighted by atomic mass is 16.5. The summed E-state index contributed by atoms with van der Waals surface area (Å²) >= 11 is 0. The molecule has 2 aliphatic rings. The number of nitrogens with zero attached hydrogens (tertiary/aromatic N) is 3. The lowest BCUT2D eigenvalue weighted by Crippen LogP contribution is -2.38. The van der Waals surface area contributed by atoms with Gasteiger partial charge in [-0.2, -0.15) is 10.2 Å². The van der Waals surface area contributed by atoms with E-state index in [1.54, 1.807) is 18.2 Å². The van der Waals surface area contributed by atoms with Gasteiger partial charge in [0.2, 0.25) is 5.95 Å². The van der Waals surface area contributed by atoms with Crippen LogP contribution in [0.5, 0.6) is 5.75 Å². The topological polar surface area (TPSA) is 112 Å². The fourth-order valence-electron chi connectivity index (χ4n) is 3.21. The molecule has 0 amide bonds. The molecule has 0 bridgehead atoms. The second-order valence-electron chi connectivity index (χ2n) is 6.82. The van der Waals surface area contributed by atoms with Gasteiger partial charge in [0.05, 0.1) is 24.6 Å². The highest BCUT2D eigenvalue weighted by Crippen LogP contribution is 2.29. The van der Waals surface area contributed by atoms with E-state index in [0.717, 1.165) is 16.8 Å². The molecule has 1 aromatic carbocycles. The van der Waals surface area contributed by atoms with Crippen LogP contribution in [0.3, 0.4) is 0 Å². The van der Waals surface area contributed by atoms with Crippen LogP contribution in [0.25, 0.3) is 6.08 Å². The van der Waals surface area contributed by atoms with Gasteiger partial charge in [0.15, 0.2) is 0 Å². The first-order chi connectivity index (χ1) is 13.6. The summed E-state index contributed by atoms with van der Waals surface area (Å²) in [6, 6.07) is 7.76. The Balaban J connectivity index is 1.52. The van der Waals surface area contributed by atoms with E-state index in [0.29, 0.717) is 37.2 Å². The smallest absolute Gasteiger partial charge is 0.532 e. The van der Waals surface area contributed by atoms with Crippen molar-refractivity contribution in [3.63, 3.8) is 0 Å². The summed E-state index contributed by atoms with van der Waals surface area (Å²) in [5.74, 6) is 3.21. The fourth-order valence-corrected chi connectivity index (χ4v) is 3.21. The molecule has 0 aliphatic carbocycles. The number of benzene rings is 1. The first kappa shape index (κ1) is 18.3. The summed E-state index contributed by atoms with van der Waals surface area (Å²) in [5.41, 5.74) is 2.55. The summed E-state index contributed by atoms with van der Waals surface area (Å²) in [4.78, 5) is 8.91. The third kappa shape index (κ3) is 3.93. The number of aromatic nitrogens is 2. The Morgan fingerprint density at radius 1 is 1.39 bits per heavy atom. The molecule has 3 N–H and O–H groups in total. The molecular weight excluding hydrogens is 357 g/mol. The number of rotatable bonds is 4. The van der Waals surface area contributed by atoms with E-state index in [1.165, 1.54) is 0 Å². The Kier molecular flexibility index (Phi) is 5.15. The maximum Gasteiger partial charge on any atom is 0.552 e. The van der Waals surface area contributed by atoms with Gasteiger partial charge in [0.1, 0.15) is 11.6 Å². The second-order valence-corrected chi connectivity index (χ2v) is 6.82. The van der Waals surface area contributed by atoms with Crippen molar-refractivity contribution < 1.29 is 14.4 Å². The van der Waals surface area contributed by atoms with Crippen molar-refractivity contribution in [3.8, 4) is 11.8 Å². The molecule has 28 heavy (non-hydrogen) atoms. The van der Waals surface area contributed by atoms with E-state index in [9.17, 15) is 10.3 Å². The van der Waals surface area contributed by atoms with Crippen molar-refractivity contribution >= 4 is 30.6 Å². The van der Waals surface area contributed by atoms with Crippen LogP contribution in [0.4, 0.5) is 17.5 Å². The van der Waals surface area contributed by atoms with Gasteiger partial charge < -0.3 is 25.0 Å². The number of hydrogen-bond donors (Lipinski definition) is 3. The second kappa shape index (κ2) is 7.88. The maximum atomic E-state index is 9.51. The third-order valence-electron chi connectivity index (χ3n) is 4.77. The summed E-state index contributed by atoms with van der Waals surface area (Å²) < 4.78 is 10.8. The normalized spacial score (nSPS) is 20.7. The number of aryl methyl sites for hydroxylation is 1.